The molecule has 3 aromatic rings. The van der Waals surface area contributed by atoms with Crippen molar-refractivity contribution in [3.8, 4) is 11.1 Å². The first-order valence-electron chi connectivity index (χ1n) is 9.01. The molecule has 0 radical (unpaired) electrons. The van der Waals surface area contributed by atoms with E-state index in [0.717, 1.165) is 28.8 Å². The van der Waals surface area contributed by atoms with Gasteiger partial charge in [0.15, 0.2) is 0 Å². The van der Waals surface area contributed by atoms with Crippen LogP contribution in [-0.2, 0) is 29.3 Å². The van der Waals surface area contributed by atoms with Crippen LogP contribution in [0.4, 0.5) is 13.2 Å². The molecule has 150 valence electrons. The fraction of sp³-hybridized carbons (Fsp3) is 0.182. The molecule has 4 rings (SSSR count). The van der Waals surface area contributed by atoms with Gasteiger partial charge < -0.3 is 0 Å². The van der Waals surface area contributed by atoms with Gasteiger partial charge >= 0.3 is 6.18 Å². The van der Waals surface area contributed by atoms with Crippen LogP contribution < -0.4 is 0 Å². The fourth-order valence-corrected chi connectivity index (χ4v) is 4.95. The van der Waals surface area contributed by atoms with Gasteiger partial charge in [-0.15, -0.1) is 0 Å². The third kappa shape index (κ3) is 3.68. The zero-order valence-corrected chi connectivity index (χ0v) is 16.4. The Kier molecular flexibility index (Phi) is 4.75. The minimum absolute atomic E-state index is 0.0857. The van der Waals surface area contributed by atoms with Crippen molar-refractivity contribution < 1.29 is 21.6 Å². The standard InChI is InChI=1S/C22H18F3NO2S/c1-15-6-9-19(10-7-15)29(27,28)26-13-16-4-2-3-5-20(16)21-11-8-18(22(23,24)25)12-17(21)14-26/h2-12H,13-14H2,1H3. The van der Waals surface area contributed by atoms with Crippen LogP contribution in [0.2, 0.25) is 0 Å². The highest BCUT2D eigenvalue weighted by Crippen LogP contribution is 2.38. The molecule has 3 aromatic carbocycles. The van der Waals surface area contributed by atoms with Crippen molar-refractivity contribution in [2.45, 2.75) is 31.1 Å². The Morgan fingerprint density at radius 1 is 0.828 bits per heavy atom. The third-order valence-electron chi connectivity index (χ3n) is 5.09. The number of hydrogen-bond donors (Lipinski definition) is 0. The van der Waals surface area contributed by atoms with Gasteiger partial charge in [0, 0.05) is 13.1 Å². The summed E-state index contributed by atoms with van der Waals surface area (Å²) in [7, 11) is -3.88. The van der Waals surface area contributed by atoms with Crippen molar-refractivity contribution in [2.24, 2.45) is 0 Å². The SMILES string of the molecule is Cc1ccc(S(=O)(=O)N2Cc3ccccc3-c3ccc(C(F)(F)F)cc3C2)cc1. The van der Waals surface area contributed by atoms with Crippen molar-refractivity contribution in [3.05, 3.63) is 89.0 Å². The van der Waals surface area contributed by atoms with Crippen LogP contribution in [0, 0.1) is 6.92 Å². The van der Waals surface area contributed by atoms with E-state index in [9.17, 15) is 21.6 Å². The molecule has 0 amide bonds. The number of hydrogen-bond acceptors (Lipinski definition) is 2. The van der Waals surface area contributed by atoms with Crippen LogP contribution in [0.3, 0.4) is 0 Å². The van der Waals surface area contributed by atoms with Gasteiger partial charge in [0.25, 0.3) is 0 Å². The number of aryl methyl sites for hydroxylation is 1. The van der Waals surface area contributed by atoms with E-state index in [4.69, 9.17) is 0 Å². The first kappa shape index (κ1) is 19.7. The zero-order chi connectivity index (χ0) is 20.8. The Bertz CT molecular complexity index is 1170. The first-order valence-corrected chi connectivity index (χ1v) is 10.5. The molecule has 0 bridgehead atoms. The zero-order valence-electron chi connectivity index (χ0n) is 15.6. The van der Waals surface area contributed by atoms with E-state index in [2.05, 4.69) is 0 Å². The Morgan fingerprint density at radius 3 is 2.14 bits per heavy atom. The minimum atomic E-state index is -4.50. The molecule has 29 heavy (non-hydrogen) atoms. The average molecular weight is 417 g/mol. The van der Waals surface area contributed by atoms with E-state index in [1.54, 1.807) is 30.3 Å². The Balaban J connectivity index is 1.87. The van der Waals surface area contributed by atoms with E-state index >= 15 is 0 Å². The van der Waals surface area contributed by atoms with Crippen LogP contribution >= 0.6 is 0 Å². The molecule has 1 heterocycles. The number of nitrogens with zero attached hydrogens (tertiary/aromatic N) is 1. The molecule has 0 saturated heterocycles. The van der Waals surface area contributed by atoms with Crippen LogP contribution in [0.15, 0.2) is 71.6 Å². The summed E-state index contributed by atoms with van der Waals surface area (Å²) in [5.41, 5.74) is 2.59. The average Bonchev–Trinajstić information content (AvgIpc) is 2.84. The van der Waals surface area contributed by atoms with E-state index in [1.807, 2.05) is 13.0 Å². The highest BCUT2D eigenvalue weighted by Gasteiger charge is 2.34. The van der Waals surface area contributed by atoms with E-state index in [-0.39, 0.29) is 18.0 Å². The van der Waals surface area contributed by atoms with Gasteiger partial charge in [0.05, 0.1) is 10.5 Å². The number of halogens is 3. The summed E-state index contributed by atoms with van der Waals surface area (Å²) in [6.07, 6.45) is -4.50. The van der Waals surface area contributed by atoms with Crippen molar-refractivity contribution >= 4 is 10.0 Å². The maximum Gasteiger partial charge on any atom is 0.416 e. The molecule has 0 N–H and O–H groups in total. The lowest BCUT2D eigenvalue weighted by Gasteiger charge is -2.21. The van der Waals surface area contributed by atoms with Gasteiger partial charge in [-0.25, -0.2) is 8.42 Å². The van der Waals surface area contributed by atoms with Gasteiger partial charge in [-0.05, 0) is 53.4 Å². The van der Waals surface area contributed by atoms with E-state index in [1.165, 1.54) is 22.5 Å². The lowest BCUT2D eigenvalue weighted by Crippen LogP contribution is -2.29. The number of sulfonamides is 1. The van der Waals surface area contributed by atoms with E-state index < -0.39 is 21.8 Å². The lowest BCUT2D eigenvalue weighted by atomic mass is 9.95. The molecule has 0 saturated carbocycles. The Hall–Kier alpha value is -2.64. The summed E-state index contributed by atoms with van der Waals surface area (Å²) in [4.78, 5) is 0.121. The normalized spacial score (nSPS) is 14.8. The van der Waals surface area contributed by atoms with E-state index in [0.29, 0.717) is 11.1 Å². The molecular formula is C22H18F3NO2S. The molecule has 0 aliphatic carbocycles. The Morgan fingerprint density at radius 2 is 1.45 bits per heavy atom. The molecule has 0 fully saturated rings. The molecule has 0 unspecified atom stereocenters. The smallest absolute Gasteiger partial charge is 0.207 e. The predicted molar refractivity (Wildman–Crippen MR) is 104 cm³/mol. The highest BCUT2D eigenvalue weighted by atomic mass is 32.2. The molecular weight excluding hydrogens is 399 g/mol. The summed E-state index contributed by atoms with van der Waals surface area (Å²) in [6, 6.07) is 17.2. The summed E-state index contributed by atoms with van der Waals surface area (Å²) in [6.45, 7) is 1.81. The van der Waals surface area contributed by atoms with Crippen molar-refractivity contribution in [1.82, 2.24) is 4.31 Å². The molecule has 7 heteroatoms. The monoisotopic (exact) mass is 417 g/mol. The highest BCUT2D eigenvalue weighted by molar-refractivity contribution is 7.89. The number of benzene rings is 3. The van der Waals surface area contributed by atoms with Crippen molar-refractivity contribution in [3.63, 3.8) is 0 Å². The third-order valence-corrected chi connectivity index (χ3v) is 6.90. The van der Waals surface area contributed by atoms with Crippen LogP contribution in [-0.4, -0.2) is 12.7 Å². The number of alkyl halides is 3. The topological polar surface area (TPSA) is 37.4 Å². The first-order chi connectivity index (χ1) is 13.7. The second kappa shape index (κ2) is 7.00. The largest absolute Gasteiger partial charge is 0.416 e. The quantitative estimate of drug-likeness (QED) is 0.561. The summed E-state index contributed by atoms with van der Waals surface area (Å²) in [5.74, 6) is 0. The second-order valence-corrected chi connectivity index (χ2v) is 9.05. The number of rotatable bonds is 2. The molecule has 0 atom stereocenters. The molecule has 3 nitrogen and oxygen atoms in total. The number of fused-ring (bicyclic) bond motifs is 3. The lowest BCUT2D eigenvalue weighted by molar-refractivity contribution is -0.137. The summed E-state index contributed by atoms with van der Waals surface area (Å²) < 4.78 is 67.5. The molecule has 0 aromatic heterocycles. The second-order valence-electron chi connectivity index (χ2n) is 7.11. The van der Waals surface area contributed by atoms with Gasteiger partial charge in [0.2, 0.25) is 10.0 Å². The Labute approximate surface area is 167 Å². The fourth-order valence-electron chi connectivity index (χ4n) is 3.55. The van der Waals surface area contributed by atoms with Crippen LogP contribution in [0.25, 0.3) is 11.1 Å². The van der Waals surface area contributed by atoms with Crippen molar-refractivity contribution in [2.75, 3.05) is 0 Å². The predicted octanol–water partition coefficient (Wildman–Crippen LogP) is 5.39. The minimum Gasteiger partial charge on any atom is -0.207 e. The molecule has 1 aliphatic heterocycles. The van der Waals surface area contributed by atoms with Gasteiger partial charge in [-0.3, -0.25) is 0 Å². The maximum absolute atomic E-state index is 13.3. The van der Waals surface area contributed by atoms with Gasteiger partial charge in [0.1, 0.15) is 0 Å². The van der Waals surface area contributed by atoms with Crippen molar-refractivity contribution in [1.29, 1.82) is 0 Å². The molecule has 1 aliphatic rings. The van der Waals surface area contributed by atoms with Crippen LogP contribution in [0.1, 0.15) is 22.3 Å². The van der Waals surface area contributed by atoms with Gasteiger partial charge in [-0.2, -0.15) is 17.5 Å². The maximum atomic E-state index is 13.3. The van der Waals surface area contributed by atoms with Gasteiger partial charge in [-0.1, -0.05) is 48.0 Å². The summed E-state index contributed by atoms with van der Waals surface area (Å²) >= 11 is 0. The summed E-state index contributed by atoms with van der Waals surface area (Å²) in [5, 5.41) is 0. The van der Waals surface area contributed by atoms with Crippen LogP contribution in [0.5, 0.6) is 0 Å². The molecule has 0 spiro atoms.